The van der Waals surface area contributed by atoms with Crippen molar-refractivity contribution in [3.05, 3.63) is 68.4 Å². The molecule has 31 heavy (non-hydrogen) atoms. The average molecular weight is 458 g/mol. The molecule has 0 spiro atoms. The first-order valence-electron chi connectivity index (χ1n) is 11.2. The average Bonchev–Trinajstić information content (AvgIpc) is 2.99. The Balaban J connectivity index is 0.000000429. The van der Waals surface area contributed by atoms with E-state index in [2.05, 4.69) is 122 Å². The van der Waals surface area contributed by atoms with Crippen molar-refractivity contribution in [2.75, 3.05) is 0 Å². The summed E-state index contributed by atoms with van der Waals surface area (Å²) in [5.74, 6) is 0. The van der Waals surface area contributed by atoms with Crippen molar-refractivity contribution in [1.82, 2.24) is 0 Å². The third-order valence-electron chi connectivity index (χ3n) is 7.69. The summed E-state index contributed by atoms with van der Waals surface area (Å²) in [6.45, 7) is 32.8. The van der Waals surface area contributed by atoms with Gasteiger partial charge in [0.2, 0.25) is 0 Å². The number of hydrogen-bond acceptors (Lipinski definition) is 0. The van der Waals surface area contributed by atoms with E-state index in [0.717, 1.165) is 0 Å². The molecule has 3 aliphatic rings. The zero-order chi connectivity index (χ0) is 23.8. The van der Waals surface area contributed by atoms with Gasteiger partial charge in [-0.3, -0.25) is 18.2 Å². The molecule has 0 amide bonds. The van der Waals surface area contributed by atoms with Crippen molar-refractivity contribution in [2.45, 2.75) is 104 Å². The molecule has 0 saturated carbocycles. The Hall–Kier alpha value is -1.03. The zero-order valence-electron chi connectivity index (χ0n) is 22.9. The van der Waals surface area contributed by atoms with E-state index >= 15 is 0 Å². The van der Waals surface area contributed by atoms with Crippen LogP contribution in [0.15, 0.2) is 50.2 Å². The first-order chi connectivity index (χ1) is 13.3. The van der Waals surface area contributed by atoms with E-state index in [-0.39, 0.29) is 33.6 Å². The molecule has 0 aromatic rings. The van der Waals surface area contributed by atoms with Gasteiger partial charge in [-0.05, 0) is 0 Å². The summed E-state index contributed by atoms with van der Waals surface area (Å²) < 4.78 is 0. The maximum atomic E-state index is 3.44. The molecule has 171 valence electrons. The minimum absolute atomic E-state index is 0. The molecule has 0 aromatic carbocycles. The Morgan fingerprint density at radius 2 is 0.548 bits per heavy atom. The fourth-order valence-corrected chi connectivity index (χ4v) is 4.22. The van der Waals surface area contributed by atoms with Crippen LogP contribution in [0.25, 0.3) is 0 Å². The van der Waals surface area contributed by atoms with Crippen LogP contribution in [0.2, 0.25) is 0 Å². The summed E-state index contributed by atoms with van der Waals surface area (Å²) in [6, 6.07) is 0. The Kier molecular flexibility index (Phi) is 9.93. The second-order valence-electron chi connectivity index (χ2n) is 10.9. The van der Waals surface area contributed by atoms with Gasteiger partial charge in [0, 0.05) is 0 Å². The monoisotopic (exact) mass is 457 g/mol. The molecule has 0 aromatic heterocycles. The van der Waals surface area contributed by atoms with Gasteiger partial charge >= 0.3 is 17.4 Å². The van der Waals surface area contributed by atoms with Crippen LogP contribution in [0.5, 0.6) is 0 Å². The van der Waals surface area contributed by atoms with Crippen molar-refractivity contribution in [1.29, 1.82) is 0 Å². The topological polar surface area (TPSA) is 0 Å². The van der Waals surface area contributed by atoms with Gasteiger partial charge in [-0.2, -0.15) is 33.4 Å². The van der Waals surface area contributed by atoms with Gasteiger partial charge in [0.05, 0.1) is 0 Å². The molecule has 0 heterocycles. The summed E-state index contributed by atoms with van der Waals surface area (Å²) in [6.07, 6.45) is 10.3. The van der Waals surface area contributed by atoms with Crippen LogP contribution in [0.3, 0.4) is 0 Å². The summed E-state index contributed by atoms with van der Waals surface area (Å²) in [5.41, 5.74) is 13.2. The molecule has 0 N–H and O–H groups in total. The molecule has 1 heteroatoms. The van der Waals surface area contributed by atoms with E-state index in [1.807, 2.05) is 0 Å². The van der Waals surface area contributed by atoms with Gasteiger partial charge in [0.25, 0.3) is 0 Å². The Bertz CT molecular complexity index is 768. The van der Waals surface area contributed by atoms with Crippen molar-refractivity contribution in [2.24, 2.45) is 16.2 Å². The number of rotatable bonds is 0. The number of hydrogen-bond donors (Lipinski definition) is 0. The van der Waals surface area contributed by atoms with E-state index in [1.54, 1.807) is 0 Å². The number of allylic oxidation sites excluding steroid dienone is 12. The fourth-order valence-electron chi connectivity index (χ4n) is 4.22. The van der Waals surface area contributed by atoms with Gasteiger partial charge < -0.3 is 0 Å². The Morgan fingerprint density at radius 1 is 0.387 bits per heavy atom. The normalized spacial score (nSPS) is 22.7. The van der Waals surface area contributed by atoms with Crippen molar-refractivity contribution < 1.29 is 17.4 Å². The molecule has 3 aliphatic carbocycles. The van der Waals surface area contributed by atoms with Gasteiger partial charge in [0.15, 0.2) is 0 Å². The second kappa shape index (κ2) is 10.3. The van der Waals surface area contributed by atoms with E-state index in [4.69, 9.17) is 0 Å². The first kappa shape index (κ1) is 30.0. The van der Waals surface area contributed by atoms with Gasteiger partial charge in [-0.25, -0.2) is 16.7 Å². The maximum absolute atomic E-state index is 3.44. The van der Waals surface area contributed by atoms with Crippen LogP contribution in [0.1, 0.15) is 104 Å². The predicted octanol–water partition coefficient (Wildman–Crippen LogP) is 9.33. The summed E-state index contributed by atoms with van der Waals surface area (Å²) in [4.78, 5) is 0. The summed E-state index contributed by atoms with van der Waals surface area (Å²) >= 11 is 0. The third kappa shape index (κ3) is 6.73. The Labute approximate surface area is 205 Å². The maximum Gasteiger partial charge on any atom is 3.00 e. The smallest absolute Gasteiger partial charge is 0.263 e. The van der Waals surface area contributed by atoms with Crippen molar-refractivity contribution in [3.63, 3.8) is 0 Å². The van der Waals surface area contributed by atoms with Crippen molar-refractivity contribution >= 4 is 0 Å². The van der Waals surface area contributed by atoms with Gasteiger partial charge in [-0.15, -0.1) is 20.8 Å². The molecule has 0 aliphatic heterocycles. The standard InChI is InChI=1S/3C10H15.Cr/c3*1-7-6-10(4,5)9(3)8(7)2;/h3*1-5H3;/q3*-1;+3. The van der Waals surface area contributed by atoms with Crippen LogP contribution >= 0.6 is 0 Å². The molecule has 0 fully saturated rings. The molecule has 0 unspecified atom stereocenters. The largest absolute Gasteiger partial charge is 3.00 e. The van der Waals surface area contributed by atoms with Crippen molar-refractivity contribution in [3.8, 4) is 0 Å². The summed E-state index contributed by atoms with van der Waals surface area (Å²) in [5, 5.41) is 0. The molecular formula is C30H45Cr. The van der Waals surface area contributed by atoms with E-state index in [0.29, 0.717) is 0 Å². The Morgan fingerprint density at radius 3 is 0.581 bits per heavy atom. The van der Waals surface area contributed by atoms with E-state index < -0.39 is 0 Å². The van der Waals surface area contributed by atoms with Crippen LogP contribution in [0.4, 0.5) is 0 Å². The molecular weight excluding hydrogens is 412 g/mol. The van der Waals surface area contributed by atoms with Crippen LogP contribution in [-0.2, 0) is 17.4 Å². The first-order valence-corrected chi connectivity index (χ1v) is 11.2. The van der Waals surface area contributed by atoms with Crippen LogP contribution in [-0.4, -0.2) is 0 Å². The molecule has 0 saturated heterocycles. The van der Waals surface area contributed by atoms with E-state index in [1.165, 1.54) is 50.2 Å². The molecule has 1 radical (unpaired) electrons. The minimum Gasteiger partial charge on any atom is -0.263 e. The summed E-state index contributed by atoms with van der Waals surface area (Å²) in [7, 11) is 0. The van der Waals surface area contributed by atoms with Crippen LogP contribution < -0.4 is 0 Å². The van der Waals surface area contributed by atoms with Gasteiger partial charge in [0.1, 0.15) is 0 Å². The van der Waals surface area contributed by atoms with Crippen LogP contribution in [0, 0.1) is 34.5 Å². The van der Waals surface area contributed by atoms with E-state index in [9.17, 15) is 0 Å². The quantitative estimate of drug-likeness (QED) is 0.318. The third-order valence-corrected chi connectivity index (χ3v) is 7.69. The fraction of sp³-hybridized carbons (Fsp3) is 0.600. The predicted molar refractivity (Wildman–Crippen MR) is 134 cm³/mol. The van der Waals surface area contributed by atoms with Gasteiger partial charge in [-0.1, -0.05) is 99.3 Å². The zero-order valence-corrected chi connectivity index (χ0v) is 24.2. The minimum atomic E-state index is 0. The molecule has 0 nitrogen and oxygen atoms in total. The molecule has 0 bridgehead atoms. The second-order valence-corrected chi connectivity index (χ2v) is 10.9. The molecule has 0 atom stereocenters. The SMILES string of the molecule is CC1=[C-]C(C)(C)C(C)=C1C.CC1=[C-]C(C)(C)C(C)=C1C.CC1=[C-]C(C)(C)C(C)=C1C.[Cr+3]. The molecule has 3 rings (SSSR count).